The first-order chi connectivity index (χ1) is 12.0. The molecule has 3 aromatic heterocycles. The Morgan fingerprint density at radius 3 is 2.84 bits per heavy atom. The summed E-state index contributed by atoms with van der Waals surface area (Å²) in [4.78, 5) is 30.7. The predicted molar refractivity (Wildman–Crippen MR) is 102 cm³/mol. The quantitative estimate of drug-likeness (QED) is 0.569. The number of nitrogens with one attached hydrogen (secondary N) is 2. The van der Waals surface area contributed by atoms with Crippen molar-refractivity contribution in [2.45, 2.75) is 13.8 Å². The third kappa shape index (κ3) is 2.90. The molecule has 2 N–H and O–H groups in total. The molecule has 25 heavy (non-hydrogen) atoms. The average molecular weight is 370 g/mol. The molecule has 6 nitrogen and oxygen atoms in total. The molecule has 4 rings (SSSR count). The zero-order chi connectivity index (χ0) is 17.6. The lowest BCUT2D eigenvalue weighted by atomic mass is 10.1. The molecule has 0 saturated heterocycles. The molecule has 126 valence electrons. The van der Waals surface area contributed by atoms with Crippen LogP contribution < -0.4 is 10.6 Å². The second-order valence-electron chi connectivity index (χ2n) is 5.63. The Bertz CT molecular complexity index is 1120. The minimum Gasteiger partial charge on any atom is -0.326 e. The molecule has 0 atom stereocenters. The van der Waals surface area contributed by atoms with E-state index in [4.69, 9.17) is 0 Å². The minimum atomic E-state index is -0.185. The Labute approximate surface area is 151 Å². The number of aromatic nitrogens is 2. The number of carbonyl (C=O) groups is 2. The Morgan fingerprint density at radius 1 is 1.20 bits per heavy atom. The smallest absolute Gasteiger partial charge is 0.265 e. The van der Waals surface area contributed by atoms with Crippen molar-refractivity contribution in [1.29, 1.82) is 0 Å². The van der Waals surface area contributed by atoms with Gasteiger partial charge in [0, 0.05) is 29.9 Å². The summed E-state index contributed by atoms with van der Waals surface area (Å²) < 4.78 is 1.98. The van der Waals surface area contributed by atoms with E-state index in [2.05, 4.69) is 15.6 Å². The van der Waals surface area contributed by atoms with E-state index >= 15 is 0 Å². The molecule has 8 heteroatoms. The van der Waals surface area contributed by atoms with Crippen molar-refractivity contribution < 1.29 is 9.59 Å². The molecule has 0 unspecified atom stereocenters. The number of thiophene rings is 1. The summed E-state index contributed by atoms with van der Waals surface area (Å²) in [6.45, 7) is 3.36. The highest BCUT2D eigenvalue weighted by Gasteiger charge is 2.16. The van der Waals surface area contributed by atoms with Crippen LogP contribution in [0.3, 0.4) is 0 Å². The molecule has 2 amide bonds. The molecule has 0 aliphatic heterocycles. The zero-order valence-corrected chi connectivity index (χ0v) is 15.1. The normalized spacial score (nSPS) is 11.1. The van der Waals surface area contributed by atoms with Crippen LogP contribution in [0.25, 0.3) is 15.3 Å². The van der Waals surface area contributed by atoms with Crippen molar-refractivity contribution in [2.75, 3.05) is 10.6 Å². The van der Waals surface area contributed by atoms with Crippen LogP contribution in [-0.2, 0) is 4.79 Å². The molecule has 0 saturated carbocycles. The number of benzene rings is 1. The van der Waals surface area contributed by atoms with Gasteiger partial charge in [-0.1, -0.05) is 6.07 Å². The number of carbonyl (C=O) groups excluding carboxylic acids is 2. The lowest BCUT2D eigenvalue weighted by Gasteiger charge is -2.10. The Kier molecular flexibility index (Phi) is 3.78. The first-order valence-electron chi connectivity index (χ1n) is 7.56. The van der Waals surface area contributed by atoms with Crippen LogP contribution in [0.15, 0.2) is 35.8 Å². The molecule has 0 bridgehead atoms. The third-order valence-corrected chi connectivity index (χ3v) is 5.54. The molecule has 0 aliphatic carbocycles. The van der Waals surface area contributed by atoms with E-state index in [9.17, 15) is 9.59 Å². The maximum atomic E-state index is 12.6. The molecule has 4 aromatic rings. The van der Waals surface area contributed by atoms with Gasteiger partial charge in [-0.3, -0.25) is 14.0 Å². The van der Waals surface area contributed by atoms with Crippen molar-refractivity contribution in [2.24, 2.45) is 0 Å². The largest absolute Gasteiger partial charge is 0.326 e. The van der Waals surface area contributed by atoms with E-state index in [0.29, 0.717) is 16.3 Å². The molecule has 1 aromatic carbocycles. The van der Waals surface area contributed by atoms with E-state index in [1.807, 2.05) is 35.0 Å². The van der Waals surface area contributed by atoms with Gasteiger partial charge in [0.05, 0.1) is 10.4 Å². The second-order valence-corrected chi connectivity index (χ2v) is 7.54. The highest BCUT2D eigenvalue weighted by molar-refractivity contribution is 7.21. The number of nitrogens with zero attached hydrogens (tertiary/aromatic N) is 2. The summed E-state index contributed by atoms with van der Waals surface area (Å²) in [5.41, 5.74) is 3.18. The monoisotopic (exact) mass is 370 g/mol. The van der Waals surface area contributed by atoms with E-state index in [0.717, 1.165) is 20.9 Å². The molecular weight excluding hydrogens is 356 g/mol. The summed E-state index contributed by atoms with van der Waals surface area (Å²) in [6, 6.07) is 7.28. The van der Waals surface area contributed by atoms with Crippen molar-refractivity contribution in [3.63, 3.8) is 0 Å². The van der Waals surface area contributed by atoms with Gasteiger partial charge in [0.1, 0.15) is 4.83 Å². The van der Waals surface area contributed by atoms with Gasteiger partial charge in [-0.25, -0.2) is 4.98 Å². The summed E-state index contributed by atoms with van der Waals surface area (Å²) in [7, 11) is 0. The van der Waals surface area contributed by atoms with Crippen molar-refractivity contribution in [1.82, 2.24) is 9.38 Å². The lowest BCUT2D eigenvalue weighted by molar-refractivity contribution is -0.114. The average Bonchev–Trinajstić information content (AvgIpc) is 3.21. The van der Waals surface area contributed by atoms with Gasteiger partial charge in [0.25, 0.3) is 5.91 Å². The van der Waals surface area contributed by atoms with E-state index < -0.39 is 0 Å². The highest BCUT2D eigenvalue weighted by Crippen LogP contribution is 2.29. The number of hydrogen-bond acceptors (Lipinski definition) is 5. The van der Waals surface area contributed by atoms with Crippen molar-refractivity contribution in [3.05, 3.63) is 46.3 Å². The molecule has 0 spiro atoms. The third-order valence-electron chi connectivity index (χ3n) is 3.77. The maximum absolute atomic E-state index is 12.6. The lowest BCUT2D eigenvalue weighted by Crippen LogP contribution is -2.12. The first kappa shape index (κ1) is 15.8. The summed E-state index contributed by atoms with van der Waals surface area (Å²) in [5.74, 6) is -0.337. The Balaban J connectivity index is 1.63. The van der Waals surface area contributed by atoms with Crippen LogP contribution in [-0.4, -0.2) is 21.2 Å². The van der Waals surface area contributed by atoms with Crippen LogP contribution in [0, 0.1) is 6.92 Å². The number of fused-ring (bicyclic) bond motifs is 3. The fraction of sp³-hybridized carbons (Fsp3) is 0.118. The predicted octanol–water partition coefficient (Wildman–Crippen LogP) is 4.13. The van der Waals surface area contributed by atoms with Crippen LogP contribution in [0.5, 0.6) is 0 Å². The SMILES string of the molecule is CC(=O)Nc1ccc(C)c(NC(=O)c2cc3c(nc4sccn43)s2)c1. The number of rotatable bonds is 3. The van der Waals surface area contributed by atoms with E-state index in [1.54, 1.807) is 23.5 Å². The number of aryl methyl sites for hydroxylation is 1. The van der Waals surface area contributed by atoms with Gasteiger partial charge in [-0.2, -0.15) is 0 Å². The van der Waals surface area contributed by atoms with Gasteiger partial charge >= 0.3 is 0 Å². The number of hydrogen-bond donors (Lipinski definition) is 2. The summed E-state index contributed by atoms with van der Waals surface area (Å²) in [5, 5.41) is 7.61. The minimum absolute atomic E-state index is 0.152. The molecule has 0 radical (unpaired) electrons. The summed E-state index contributed by atoms with van der Waals surface area (Å²) in [6.07, 6.45) is 1.95. The van der Waals surface area contributed by atoms with Crippen LogP contribution in [0.2, 0.25) is 0 Å². The standard InChI is InChI=1S/C17H14N4O2S2/c1-9-3-4-11(18-10(2)22)7-12(9)19-15(23)14-8-13-16(25-14)20-17-21(13)5-6-24-17/h3-8H,1-2H3,(H,18,22)(H,19,23). The number of imidazole rings is 1. The Morgan fingerprint density at radius 2 is 2.04 bits per heavy atom. The highest BCUT2D eigenvalue weighted by atomic mass is 32.1. The molecule has 0 fully saturated rings. The van der Waals surface area contributed by atoms with E-state index in [1.165, 1.54) is 18.3 Å². The first-order valence-corrected chi connectivity index (χ1v) is 9.25. The van der Waals surface area contributed by atoms with Crippen molar-refractivity contribution in [3.8, 4) is 0 Å². The molecule has 0 aliphatic rings. The van der Waals surface area contributed by atoms with Crippen molar-refractivity contribution >= 4 is 61.2 Å². The number of thiazole rings is 1. The van der Waals surface area contributed by atoms with Crippen LogP contribution in [0.4, 0.5) is 11.4 Å². The van der Waals surface area contributed by atoms with Gasteiger partial charge in [0.15, 0.2) is 4.96 Å². The van der Waals surface area contributed by atoms with Gasteiger partial charge in [-0.05, 0) is 30.7 Å². The number of anilines is 2. The zero-order valence-electron chi connectivity index (χ0n) is 13.5. The molecule has 3 heterocycles. The van der Waals surface area contributed by atoms with E-state index in [-0.39, 0.29) is 11.8 Å². The topological polar surface area (TPSA) is 75.5 Å². The summed E-state index contributed by atoms with van der Waals surface area (Å²) >= 11 is 2.94. The second kappa shape index (κ2) is 5.98. The van der Waals surface area contributed by atoms with Crippen LogP contribution in [0.1, 0.15) is 22.2 Å². The fourth-order valence-electron chi connectivity index (χ4n) is 2.58. The van der Waals surface area contributed by atoms with Gasteiger partial charge < -0.3 is 10.6 Å². The van der Waals surface area contributed by atoms with Gasteiger partial charge in [-0.15, -0.1) is 22.7 Å². The van der Waals surface area contributed by atoms with Crippen LogP contribution >= 0.6 is 22.7 Å². The molecular formula is C17H14N4O2S2. The fourth-order valence-corrected chi connectivity index (χ4v) is 4.28. The maximum Gasteiger partial charge on any atom is 0.265 e. The number of amides is 2. The Hall–Kier alpha value is -2.71. The van der Waals surface area contributed by atoms with Gasteiger partial charge in [0.2, 0.25) is 5.91 Å².